The van der Waals surface area contributed by atoms with Gasteiger partial charge < -0.3 is 23.5 Å². The monoisotopic (exact) mass is 290 g/mol. The smallest absolute Gasteiger partial charge is 0 e. The second kappa shape index (κ2) is 878. The van der Waals surface area contributed by atoms with E-state index in [1.165, 1.54) is 0 Å². The maximum absolute atomic E-state index is 0. The second-order valence-electron chi connectivity index (χ2n) is 0. The summed E-state index contributed by atoms with van der Waals surface area (Å²) in [5.41, 5.74) is 0. The van der Waals surface area contributed by atoms with Crippen LogP contribution in [0.1, 0.15) is 0 Å². The zero-order valence-corrected chi connectivity index (χ0v) is 4.48. The fourth-order valence-electron chi connectivity index (χ4n) is 0. The molecule has 0 aliphatic rings. The molecule has 0 radical (unpaired) electrons. The molecule has 50 valence electrons. The van der Waals surface area contributed by atoms with Crippen LogP contribution >= 0.6 is 0 Å². The van der Waals surface area contributed by atoms with Crippen molar-refractivity contribution in [2.45, 2.75) is 0 Å². The summed E-state index contributed by atoms with van der Waals surface area (Å²) in [6.45, 7) is 0. The summed E-state index contributed by atoms with van der Waals surface area (Å²) in [4.78, 5) is 0. The summed E-state index contributed by atoms with van der Waals surface area (Å²) in [6.07, 6.45) is 0. The Hall–Kier alpha value is 0.338. The Kier molecular flexibility index (Phi) is 231000. The molecular formula is F5Pt-5. The van der Waals surface area contributed by atoms with E-state index in [0.717, 1.165) is 0 Å². The standard InChI is InChI=1S/5FH.Pt/h5*1H;/p-5. The van der Waals surface area contributed by atoms with Gasteiger partial charge in [0.25, 0.3) is 0 Å². The first-order chi connectivity index (χ1) is 0. The summed E-state index contributed by atoms with van der Waals surface area (Å²) >= 11 is 0. The fraction of sp³-hybridized carbons (Fsp3) is 0. The van der Waals surface area contributed by atoms with E-state index in [4.69, 9.17) is 0 Å². The molecule has 0 atom stereocenters. The molecule has 0 aliphatic heterocycles. The van der Waals surface area contributed by atoms with Crippen LogP contribution in [-0.4, -0.2) is 0 Å². The quantitative estimate of drug-likeness (QED) is 0.389. The molecule has 0 saturated heterocycles. The number of rotatable bonds is 0. The van der Waals surface area contributed by atoms with Gasteiger partial charge in [-0.15, -0.1) is 0 Å². The Morgan fingerprint density at radius 1 is 0.333 bits per heavy atom. The number of halogens is 5. The van der Waals surface area contributed by atoms with Gasteiger partial charge in [0.15, 0.2) is 0 Å². The van der Waals surface area contributed by atoms with Crippen LogP contribution in [0.3, 0.4) is 0 Å². The molecule has 0 heterocycles. The van der Waals surface area contributed by atoms with Gasteiger partial charge in [-0.2, -0.15) is 0 Å². The minimum atomic E-state index is 0. The van der Waals surface area contributed by atoms with Crippen molar-refractivity contribution in [3.05, 3.63) is 0 Å². The predicted octanol–water partition coefficient (Wildman–Crippen LogP) is -15.0. The first-order valence-corrected chi connectivity index (χ1v) is 0. The molecule has 0 unspecified atom stereocenters. The van der Waals surface area contributed by atoms with Crippen LogP contribution < -0.4 is 23.5 Å². The minimum Gasteiger partial charge on any atom is -1.00 e. The third-order valence-electron chi connectivity index (χ3n) is 0. The Labute approximate surface area is 45.4 Å². The van der Waals surface area contributed by atoms with Crippen molar-refractivity contribution in [2.75, 3.05) is 0 Å². The zero-order valence-electron chi connectivity index (χ0n) is 2.21. The number of hydrogen-bond donors (Lipinski definition) is 0. The third-order valence-corrected chi connectivity index (χ3v) is 0. The summed E-state index contributed by atoms with van der Waals surface area (Å²) < 4.78 is 0. The third kappa shape index (κ3) is 422. The van der Waals surface area contributed by atoms with Crippen molar-refractivity contribution in [3.8, 4) is 0 Å². The van der Waals surface area contributed by atoms with Gasteiger partial charge in [0.2, 0.25) is 0 Å². The van der Waals surface area contributed by atoms with E-state index in [-0.39, 0.29) is 44.6 Å². The van der Waals surface area contributed by atoms with E-state index in [1.54, 1.807) is 0 Å². The molecule has 0 spiro atoms. The first kappa shape index (κ1) is 1580. The average Bonchev–Trinajstić information content (AvgIpc) is 0. The van der Waals surface area contributed by atoms with Gasteiger partial charge in [-0.3, -0.25) is 0 Å². The van der Waals surface area contributed by atoms with Gasteiger partial charge >= 0.3 is 0 Å². The van der Waals surface area contributed by atoms with Crippen molar-refractivity contribution in [1.82, 2.24) is 0 Å². The van der Waals surface area contributed by atoms with Gasteiger partial charge in [-0.25, -0.2) is 0 Å². The predicted molar refractivity (Wildman–Crippen MR) is 0 cm³/mol. The van der Waals surface area contributed by atoms with Crippen molar-refractivity contribution in [1.29, 1.82) is 0 Å². The average molecular weight is 290 g/mol. The van der Waals surface area contributed by atoms with Crippen molar-refractivity contribution >= 4 is 0 Å². The summed E-state index contributed by atoms with van der Waals surface area (Å²) in [7, 11) is 0. The van der Waals surface area contributed by atoms with Crippen LogP contribution in [-0.2, 0) is 21.1 Å². The van der Waals surface area contributed by atoms with Gasteiger partial charge in [0.1, 0.15) is 0 Å². The Bertz CT molecular complexity index is 3.90. The molecule has 0 aliphatic carbocycles. The first-order valence-electron chi connectivity index (χ1n) is 0. The molecule has 0 aromatic heterocycles. The topological polar surface area (TPSA) is 0 Å². The summed E-state index contributed by atoms with van der Waals surface area (Å²) in [6, 6.07) is 0. The van der Waals surface area contributed by atoms with Crippen LogP contribution in [0.5, 0.6) is 0 Å². The molecule has 0 saturated carbocycles. The SMILES string of the molecule is [F-].[F-].[F-].[F-].[F-].[Pt]. The largest absolute Gasteiger partial charge is 1.00 e. The van der Waals surface area contributed by atoms with E-state index >= 15 is 0 Å². The van der Waals surface area contributed by atoms with Gasteiger partial charge in [0, 0.05) is 21.1 Å². The molecule has 0 aromatic carbocycles. The summed E-state index contributed by atoms with van der Waals surface area (Å²) in [5, 5.41) is 0. The minimum absolute atomic E-state index is 0. The summed E-state index contributed by atoms with van der Waals surface area (Å²) in [5.74, 6) is 0. The number of hydrogen-bond acceptors (Lipinski definition) is 0. The van der Waals surface area contributed by atoms with Crippen LogP contribution in [0.4, 0.5) is 0 Å². The molecule has 0 N–H and O–H groups in total. The van der Waals surface area contributed by atoms with E-state index < -0.39 is 0 Å². The Morgan fingerprint density at radius 3 is 0.333 bits per heavy atom. The van der Waals surface area contributed by atoms with Gasteiger partial charge in [-0.05, 0) is 0 Å². The second-order valence-corrected chi connectivity index (χ2v) is 0. The molecule has 6 heteroatoms. The Balaban J connectivity index is 0. The van der Waals surface area contributed by atoms with Crippen LogP contribution in [0.15, 0.2) is 0 Å². The molecule has 0 amide bonds. The molecule has 0 bridgehead atoms. The molecule has 0 aromatic rings. The van der Waals surface area contributed by atoms with Crippen molar-refractivity contribution in [3.63, 3.8) is 0 Å². The van der Waals surface area contributed by atoms with Crippen LogP contribution in [0.25, 0.3) is 0 Å². The Morgan fingerprint density at radius 2 is 0.333 bits per heavy atom. The van der Waals surface area contributed by atoms with Crippen molar-refractivity contribution in [2.24, 2.45) is 0 Å². The van der Waals surface area contributed by atoms with E-state index in [1.807, 2.05) is 0 Å². The fourth-order valence-corrected chi connectivity index (χ4v) is 0. The van der Waals surface area contributed by atoms with E-state index in [9.17, 15) is 0 Å². The van der Waals surface area contributed by atoms with Crippen LogP contribution in [0.2, 0.25) is 0 Å². The van der Waals surface area contributed by atoms with Crippen molar-refractivity contribution < 1.29 is 44.6 Å². The molecule has 0 nitrogen and oxygen atoms in total. The molecular weight excluding hydrogens is 290 g/mol. The molecule has 6 heavy (non-hydrogen) atoms. The van der Waals surface area contributed by atoms with Gasteiger partial charge in [-0.1, -0.05) is 0 Å². The van der Waals surface area contributed by atoms with E-state index in [2.05, 4.69) is 0 Å². The maximum Gasteiger partial charge on any atom is 0 e. The van der Waals surface area contributed by atoms with E-state index in [0.29, 0.717) is 0 Å². The molecule has 0 fully saturated rings. The zero-order chi connectivity index (χ0) is 0. The van der Waals surface area contributed by atoms with Crippen LogP contribution in [0, 0.1) is 0 Å². The molecule has 0 rings (SSSR count). The normalized spacial score (nSPS) is 0. The van der Waals surface area contributed by atoms with Gasteiger partial charge in [0.05, 0.1) is 0 Å². The maximum atomic E-state index is 0.